The number of amides is 1. The summed E-state index contributed by atoms with van der Waals surface area (Å²) in [7, 11) is 0. The third kappa shape index (κ3) is 3.01. The third-order valence-electron chi connectivity index (χ3n) is 3.04. The van der Waals surface area contributed by atoms with Gasteiger partial charge >= 0.3 is 0 Å². The van der Waals surface area contributed by atoms with Crippen molar-refractivity contribution in [1.82, 2.24) is 4.90 Å². The van der Waals surface area contributed by atoms with Crippen molar-refractivity contribution < 1.29 is 14.3 Å². The van der Waals surface area contributed by atoms with Crippen molar-refractivity contribution in [2.45, 2.75) is 26.4 Å². The van der Waals surface area contributed by atoms with E-state index in [0.717, 1.165) is 12.2 Å². The van der Waals surface area contributed by atoms with Gasteiger partial charge in [-0.25, -0.2) is 0 Å². The van der Waals surface area contributed by atoms with Crippen molar-refractivity contribution in [1.29, 1.82) is 0 Å². The third-order valence-corrected chi connectivity index (χ3v) is 3.04. The average molecular weight is 249 g/mol. The molecule has 0 bridgehead atoms. The van der Waals surface area contributed by atoms with Crippen LogP contribution >= 0.6 is 0 Å². The summed E-state index contributed by atoms with van der Waals surface area (Å²) >= 11 is 0. The van der Waals surface area contributed by atoms with Gasteiger partial charge in [0.2, 0.25) is 0 Å². The van der Waals surface area contributed by atoms with Crippen LogP contribution in [-0.2, 0) is 16.0 Å². The van der Waals surface area contributed by atoms with Crippen LogP contribution in [0.2, 0.25) is 0 Å². The zero-order chi connectivity index (χ0) is 13.0. The Morgan fingerprint density at radius 3 is 2.67 bits per heavy atom. The molecule has 98 valence electrons. The van der Waals surface area contributed by atoms with Gasteiger partial charge in [-0.05, 0) is 38.0 Å². The smallest absolute Gasteiger partial charge is 0.253 e. The molecule has 1 saturated heterocycles. The first-order chi connectivity index (χ1) is 8.70. The maximum atomic E-state index is 11.6. The van der Waals surface area contributed by atoms with Crippen LogP contribution in [0, 0.1) is 0 Å². The van der Waals surface area contributed by atoms with Crippen molar-refractivity contribution in [3.05, 3.63) is 29.8 Å². The molecule has 1 atom stereocenters. The Balaban J connectivity index is 1.85. The predicted molar refractivity (Wildman–Crippen MR) is 68.4 cm³/mol. The topological polar surface area (TPSA) is 38.8 Å². The lowest BCUT2D eigenvalue weighted by Crippen LogP contribution is -2.30. The van der Waals surface area contributed by atoms with Gasteiger partial charge in [-0.15, -0.1) is 0 Å². The number of ether oxygens (including phenoxy) is 2. The maximum absolute atomic E-state index is 11.6. The number of rotatable bonds is 5. The zero-order valence-electron chi connectivity index (χ0n) is 10.9. The van der Waals surface area contributed by atoms with Gasteiger partial charge in [0.15, 0.2) is 0 Å². The van der Waals surface area contributed by atoms with Crippen LogP contribution in [0.15, 0.2) is 24.3 Å². The van der Waals surface area contributed by atoms with E-state index in [0.29, 0.717) is 19.9 Å². The Labute approximate surface area is 107 Å². The van der Waals surface area contributed by atoms with Gasteiger partial charge in [0.05, 0.1) is 6.61 Å². The van der Waals surface area contributed by atoms with Gasteiger partial charge < -0.3 is 14.4 Å². The fourth-order valence-electron chi connectivity index (χ4n) is 1.95. The molecule has 0 saturated carbocycles. The van der Waals surface area contributed by atoms with E-state index in [1.54, 1.807) is 11.8 Å². The Morgan fingerprint density at radius 1 is 1.39 bits per heavy atom. The highest BCUT2D eigenvalue weighted by molar-refractivity contribution is 5.81. The van der Waals surface area contributed by atoms with E-state index < -0.39 is 0 Å². The molecule has 1 aliphatic rings. The molecule has 1 heterocycles. The first kappa shape index (κ1) is 12.9. The van der Waals surface area contributed by atoms with Crippen LogP contribution in [0.1, 0.15) is 19.4 Å². The molecule has 1 fully saturated rings. The molecule has 0 unspecified atom stereocenters. The number of benzene rings is 1. The standard InChI is InChI=1S/C14H19NO3/c1-3-17-13-6-4-12(5-7-13)8-9-15-10-18-11(2)14(15)16/h4-7,11H,3,8-10H2,1-2H3/t11-/m1/s1. The predicted octanol–water partition coefficient (Wildman–Crippen LogP) is 1.83. The van der Waals surface area contributed by atoms with E-state index in [1.807, 2.05) is 31.2 Å². The second-order valence-electron chi connectivity index (χ2n) is 4.37. The highest BCUT2D eigenvalue weighted by atomic mass is 16.5. The minimum atomic E-state index is -0.287. The summed E-state index contributed by atoms with van der Waals surface area (Å²) in [5, 5.41) is 0. The van der Waals surface area contributed by atoms with Crippen LogP contribution in [0.4, 0.5) is 0 Å². The van der Waals surface area contributed by atoms with Crippen molar-refractivity contribution in [3.63, 3.8) is 0 Å². The van der Waals surface area contributed by atoms with Gasteiger partial charge in [-0.3, -0.25) is 4.79 Å². The van der Waals surface area contributed by atoms with Gasteiger partial charge in [0.1, 0.15) is 18.6 Å². The monoisotopic (exact) mass is 249 g/mol. The Bertz CT molecular complexity index is 402. The summed E-state index contributed by atoms with van der Waals surface area (Å²) in [4.78, 5) is 13.4. The molecule has 2 rings (SSSR count). The maximum Gasteiger partial charge on any atom is 0.253 e. The lowest BCUT2D eigenvalue weighted by molar-refractivity contribution is -0.129. The van der Waals surface area contributed by atoms with Gasteiger partial charge in [0, 0.05) is 6.54 Å². The van der Waals surface area contributed by atoms with E-state index in [9.17, 15) is 4.79 Å². The normalized spacial score (nSPS) is 19.3. The molecule has 4 heteroatoms. The molecule has 1 aliphatic heterocycles. The van der Waals surface area contributed by atoms with Crippen LogP contribution in [0.3, 0.4) is 0 Å². The molecule has 1 aromatic carbocycles. The van der Waals surface area contributed by atoms with E-state index in [-0.39, 0.29) is 12.0 Å². The largest absolute Gasteiger partial charge is 0.494 e. The van der Waals surface area contributed by atoms with E-state index in [4.69, 9.17) is 9.47 Å². The SMILES string of the molecule is CCOc1ccc(CCN2CO[C@H](C)C2=O)cc1. The first-order valence-electron chi connectivity index (χ1n) is 6.33. The fraction of sp³-hybridized carbons (Fsp3) is 0.500. The number of hydrogen-bond donors (Lipinski definition) is 0. The number of hydrogen-bond acceptors (Lipinski definition) is 3. The summed E-state index contributed by atoms with van der Waals surface area (Å²) in [6.07, 6.45) is 0.555. The first-order valence-corrected chi connectivity index (χ1v) is 6.33. The van der Waals surface area contributed by atoms with Crippen LogP contribution < -0.4 is 4.74 Å². The lowest BCUT2D eigenvalue weighted by Gasteiger charge is -2.13. The van der Waals surface area contributed by atoms with Crippen molar-refractivity contribution in [2.24, 2.45) is 0 Å². The second-order valence-corrected chi connectivity index (χ2v) is 4.37. The number of carbonyl (C=O) groups is 1. The summed E-state index contributed by atoms with van der Waals surface area (Å²) in [5.41, 5.74) is 1.20. The van der Waals surface area contributed by atoms with Gasteiger partial charge in [-0.1, -0.05) is 12.1 Å². The number of carbonyl (C=O) groups excluding carboxylic acids is 1. The molecular formula is C14H19NO3. The van der Waals surface area contributed by atoms with Crippen LogP contribution in [0.5, 0.6) is 5.75 Å². The molecule has 0 aliphatic carbocycles. The molecule has 18 heavy (non-hydrogen) atoms. The molecule has 4 nitrogen and oxygen atoms in total. The summed E-state index contributed by atoms with van der Waals surface area (Å²) in [6.45, 7) is 5.55. The Kier molecular flexibility index (Phi) is 4.20. The summed E-state index contributed by atoms with van der Waals surface area (Å²) in [5.74, 6) is 0.969. The average Bonchev–Trinajstić information content (AvgIpc) is 2.70. The molecule has 0 N–H and O–H groups in total. The highest BCUT2D eigenvalue weighted by Gasteiger charge is 2.27. The zero-order valence-corrected chi connectivity index (χ0v) is 10.9. The second kappa shape index (κ2) is 5.87. The molecule has 1 aromatic rings. The molecule has 0 spiro atoms. The Hall–Kier alpha value is -1.55. The van der Waals surface area contributed by atoms with Gasteiger partial charge in [0.25, 0.3) is 5.91 Å². The fourth-order valence-corrected chi connectivity index (χ4v) is 1.95. The lowest BCUT2D eigenvalue weighted by atomic mass is 10.1. The molecule has 0 aromatic heterocycles. The van der Waals surface area contributed by atoms with Crippen LogP contribution in [-0.4, -0.2) is 36.8 Å². The van der Waals surface area contributed by atoms with Crippen molar-refractivity contribution >= 4 is 5.91 Å². The molecule has 1 amide bonds. The Morgan fingerprint density at radius 2 is 2.11 bits per heavy atom. The van der Waals surface area contributed by atoms with E-state index in [2.05, 4.69) is 0 Å². The van der Waals surface area contributed by atoms with Crippen LogP contribution in [0.25, 0.3) is 0 Å². The van der Waals surface area contributed by atoms with E-state index >= 15 is 0 Å². The summed E-state index contributed by atoms with van der Waals surface area (Å²) in [6, 6.07) is 8.00. The minimum absolute atomic E-state index is 0.0842. The van der Waals surface area contributed by atoms with E-state index in [1.165, 1.54) is 5.56 Å². The van der Waals surface area contributed by atoms with Crippen molar-refractivity contribution in [3.8, 4) is 5.75 Å². The number of nitrogens with zero attached hydrogens (tertiary/aromatic N) is 1. The molecule has 0 radical (unpaired) electrons. The highest BCUT2D eigenvalue weighted by Crippen LogP contribution is 2.14. The summed E-state index contributed by atoms with van der Waals surface area (Å²) < 4.78 is 10.7. The van der Waals surface area contributed by atoms with Gasteiger partial charge in [-0.2, -0.15) is 0 Å². The molecular weight excluding hydrogens is 230 g/mol. The van der Waals surface area contributed by atoms with Crippen molar-refractivity contribution in [2.75, 3.05) is 19.9 Å². The minimum Gasteiger partial charge on any atom is -0.494 e. The quantitative estimate of drug-likeness (QED) is 0.799.